The third-order valence-electron chi connectivity index (χ3n) is 3.40. The summed E-state index contributed by atoms with van der Waals surface area (Å²) in [6.07, 6.45) is 1.61. The van der Waals surface area contributed by atoms with Crippen molar-refractivity contribution >= 4 is 40.9 Å². The molecule has 1 atom stereocenters. The highest BCUT2D eigenvalue weighted by atomic mass is 32.2. The van der Waals surface area contributed by atoms with E-state index in [1.807, 2.05) is 31.2 Å². The maximum absolute atomic E-state index is 12.3. The quantitative estimate of drug-likeness (QED) is 0.784. The molecule has 0 bridgehead atoms. The van der Waals surface area contributed by atoms with E-state index in [0.29, 0.717) is 0 Å². The summed E-state index contributed by atoms with van der Waals surface area (Å²) in [5, 5.41) is 10.4. The van der Waals surface area contributed by atoms with Gasteiger partial charge < -0.3 is 10.4 Å². The number of amides is 3. The minimum Gasteiger partial charge on any atom is -0.480 e. The summed E-state index contributed by atoms with van der Waals surface area (Å²) in [6.45, 7) is 2.68. The molecule has 1 saturated heterocycles. The summed E-state index contributed by atoms with van der Waals surface area (Å²) < 4.78 is 0. The molecule has 1 fully saturated rings. The second-order valence-electron chi connectivity index (χ2n) is 5.25. The van der Waals surface area contributed by atoms with Crippen LogP contribution in [0.1, 0.15) is 18.1 Å². The van der Waals surface area contributed by atoms with Crippen LogP contribution in [0.15, 0.2) is 29.2 Å². The van der Waals surface area contributed by atoms with Crippen LogP contribution in [0.5, 0.6) is 0 Å². The lowest BCUT2D eigenvalue weighted by atomic mass is 10.1. The molecule has 0 aliphatic carbocycles. The van der Waals surface area contributed by atoms with Gasteiger partial charge in [-0.05, 0) is 42.8 Å². The number of nitrogens with zero attached hydrogens (tertiary/aromatic N) is 1. The molecule has 1 heterocycles. The van der Waals surface area contributed by atoms with Gasteiger partial charge in [0.1, 0.15) is 12.6 Å². The van der Waals surface area contributed by atoms with Gasteiger partial charge in [-0.3, -0.25) is 24.1 Å². The Kier molecular flexibility index (Phi) is 5.40. The van der Waals surface area contributed by atoms with Crippen LogP contribution >= 0.6 is 11.8 Å². The van der Waals surface area contributed by atoms with Crippen LogP contribution in [-0.4, -0.2) is 45.6 Å². The molecule has 1 aliphatic heterocycles. The molecule has 126 valence electrons. The lowest BCUT2D eigenvalue weighted by molar-refractivity contribution is -0.141. The fraction of sp³-hybridized carbons (Fsp3) is 0.250. The molecular formula is C16H16N2O5S. The summed E-state index contributed by atoms with van der Waals surface area (Å²) in [7, 11) is 0. The van der Waals surface area contributed by atoms with Crippen molar-refractivity contribution in [2.24, 2.45) is 0 Å². The summed E-state index contributed by atoms with van der Waals surface area (Å²) in [5.41, 5.74) is 1.77. The highest BCUT2D eigenvalue weighted by Gasteiger charge is 2.36. The first kappa shape index (κ1) is 17.7. The number of benzene rings is 1. The lowest BCUT2D eigenvalue weighted by Gasteiger charge is -2.14. The Hall–Kier alpha value is -2.61. The fourth-order valence-corrected chi connectivity index (χ4v) is 2.85. The van der Waals surface area contributed by atoms with Gasteiger partial charge in [-0.15, -0.1) is 0 Å². The fourth-order valence-electron chi connectivity index (χ4n) is 2.02. The van der Waals surface area contributed by atoms with E-state index in [2.05, 4.69) is 5.32 Å². The lowest BCUT2D eigenvalue weighted by Crippen LogP contribution is -2.45. The molecule has 8 heteroatoms. The molecule has 3 amide bonds. The number of aliphatic carboxylic acids is 1. The first-order valence-corrected chi connectivity index (χ1v) is 7.94. The molecule has 0 spiro atoms. The Bertz CT molecular complexity index is 744. The topological polar surface area (TPSA) is 104 Å². The first-order chi connectivity index (χ1) is 11.3. The van der Waals surface area contributed by atoms with Gasteiger partial charge in [-0.25, -0.2) is 0 Å². The van der Waals surface area contributed by atoms with Crippen LogP contribution in [0.3, 0.4) is 0 Å². The number of rotatable bonds is 5. The molecule has 1 aromatic carbocycles. The molecule has 2 rings (SSSR count). The number of imide groups is 1. The average molecular weight is 348 g/mol. The minimum absolute atomic E-state index is 0.230. The molecule has 1 aromatic rings. The molecule has 0 radical (unpaired) electrons. The van der Waals surface area contributed by atoms with Gasteiger partial charge in [0.2, 0.25) is 5.91 Å². The van der Waals surface area contributed by atoms with Crippen molar-refractivity contribution < 1.29 is 24.3 Å². The smallest absolute Gasteiger partial charge is 0.325 e. The predicted molar refractivity (Wildman–Crippen MR) is 89.1 cm³/mol. The van der Waals surface area contributed by atoms with Crippen LogP contribution in [0.25, 0.3) is 6.08 Å². The van der Waals surface area contributed by atoms with E-state index in [0.717, 1.165) is 27.8 Å². The van der Waals surface area contributed by atoms with Crippen molar-refractivity contribution in [3.63, 3.8) is 0 Å². The number of carbonyl (C=O) groups excluding carboxylic acids is 3. The number of carbonyl (C=O) groups is 4. The second kappa shape index (κ2) is 7.31. The number of aryl methyl sites for hydroxylation is 1. The number of carboxylic acid groups (broad SMARTS) is 1. The van der Waals surface area contributed by atoms with Crippen molar-refractivity contribution in [3.05, 3.63) is 40.3 Å². The highest BCUT2D eigenvalue weighted by Crippen LogP contribution is 2.32. The van der Waals surface area contributed by atoms with E-state index >= 15 is 0 Å². The van der Waals surface area contributed by atoms with Gasteiger partial charge in [0.25, 0.3) is 11.1 Å². The van der Waals surface area contributed by atoms with Crippen molar-refractivity contribution in [2.75, 3.05) is 6.54 Å². The van der Waals surface area contributed by atoms with Crippen LogP contribution in [0, 0.1) is 6.92 Å². The van der Waals surface area contributed by atoms with Crippen molar-refractivity contribution in [2.45, 2.75) is 19.9 Å². The van der Waals surface area contributed by atoms with E-state index < -0.39 is 35.6 Å². The minimum atomic E-state index is -1.20. The molecule has 24 heavy (non-hydrogen) atoms. The van der Waals surface area contributed by atoms with Gasteiger partial charge in [0.05, 0.1) is 4.91 Å². The molecular weight excluding hydrogens is 332 g/mol. The molecule has 0 saturated carbocycles. The summed E-state index contributed by atoms with van der Waals surface area (Å²) >= 11 is 0.755. The Morgan fingerprint density at radius 1 is 1.33 bits per heavy atom. The van der Waals surface area contributed by atoms with Crippen LogP contribution < -0.4 is 5.32 Å². The van der Waals surface area contributed by atoms with E-state index in [1.54, 1.807) is 6.08 Å². The van der Waals surface area contributed by atoms with Gasteiger partial charge in [0, 0.05) is 0 Å². The Balaban J connectivity index is 2.10. The monoisotopic (exact) mass is 348 g/mol. The third-order valence-corrected chi connectivity index (χ3v) is 4.31. The van der Waals surface area contributed by atoms with Crippen LogP contribution in [-0.2, 0) is 14.4 Å². The highest BCUT2D eigenvalue weighted by molar-refractivity contribution is 8.18. The van der Waals surface area contributed by atoms with Crippen molar-refractivity contribution in [3.8, 4) is 0 Å². The summed E-state index contributed by atoms with van der Waals surface area (Å²) in [6, 6.07) is 6.30. The first-order valence-electron chi connectivity index (χ1n) is 7.12. The van der Waals surface area contributed by atoms with Gasteiger partial charge in [-0.2, -0.15) is 0 Å². The van der Waals surface area contributed by atoms with Gasteiger partial charge in [-0.1, -0.05) is 24.3 Å². The number of thioether (sulfide) groups is 1. The van der Waals surface area contributed by atoms with E-state index in [4.69, 9.17) is 5.11 Å². The summed E-state index contributed by atoms with van der Waals surface area (Å²) in [4.78, 5) is 47.8. The molecule has 2 N–H and O–H groups in total. The molecule has 1 aliphatic rings. The zero-order chi connectivity index (χ0) is 17.9. The van der Waals surface area contributed by atoms with Gasteiger partial charge >= 0.3 is 5.97 Å². The standard InChI is InChI=1S/C16H16N2O5S/c1-9-5-3-4-6-11(9)7-12-14(20)18(16(23)24-12)8-13(19)17-10(2)15(21)22/h3-7,10H,8H2,1-2H3,(H,17,19)(H,21,22)/b12-7-. The predicted octanol–water partition coefficient (Wildman–Crippen LogP) is 1.62. The molecule has 0 aromatic heterocycles. The maximum Gasteiger partial charge on any atom is 0.325 e. The van der Waals surface area contributed by atoms with Crippen molar-refractivity contribution in [1.82, 2.24) is 10.2 Å². The van der Waals surface area contributed by atoms with E-state index in [9.17, 15) is 19.2 Å². The largest absolute Gasteiger partial charge is 0.480 e. The Morgan fingerprint density at radius 3 is 2.62 bits per heavy atom. The number of carboxylic acids is 1. The molecule has 7 nitrogen and oxygen atoms in total. The average Bonchev–Trinajstić information content (AvgIpc) is 2.77. The normalized spacial score (nSPS) is 17.2. The van der Waals surface area contributed by atoms with Gasteiger partial charge in [0.15, 0.2) is 0 Å². The number of hydrogen-bond acceptors (Lipinski definition) is 5. The number of hydrogen-bond donors (Lipinski definition) is 2. The zero-order valence-corrected chi connectivity index (χ0v) is 13.9. The van der Waals surface area contributed by atoms with E-state index in [1.165, 1.54) is 6.92 Å². The van der Waals surface area contributed by atoms with Crippen LogP contribution in [0.4, 0.5) is 4.79 Å². The summed E-state index contributed by atoms with van der Waals surface area (Å²) in [5.74, 6) is -2.47. The molecule has 1 unspecified atom stereocenters. The van der Waals surface area contributed by atoms with Crippen LogP contribution in [0.2, 0.25) is 0 Å². The SMILES string of the molecule is Cc1ccccc1/C=C1\SC(=O)N(CC(=O)NC(C)C(=O)O)C1=O. The maximum atomic E-state index is 12.3. The Labute approximate surface area is 142 Å². The van der Waals surface area contributed by atoms with E-state index in [-0.39, 0.29) is 4.91 Å². The third kappa shape index (κ3) is 4.02. The Morgan fingerprint density at radius 2 is 2.00 bits per heavy atom. The number of nitrogens with one attached hydrogen (secondary N) is 1. The zero-order valence-electron chi connectivity index (χ0n) is 13.1. The second-order valence-corrected chi connectivity index (χ2v) is 6.25. The van der Waals surface area contributed by atoms with Crippen molar-refractivity contribution in [1.29, 1.82) is 0 Å².